The van der Waals surface area contributed by atoms with Crippen molar-refractivity contribution in [1.29, 1.82) is 0 Å². The van der Waals surface area contributed by atoms with Crippen LogP contribution in [0, 0.1) is 20.8 Å². The number of benzene rings is 1. The van der Waals surface area contributed by atoms with Gasteiger partial charge in [0, 0.05) is 4.47 Å². The number of hydrogen-bond donors (Lipinski definition) is 3. The Labute approximate surface area is 125 Å². The summed E-state index contributed by atoms with van der Waals surface area (Å²) in [5.74, 6) is 0. The fraction of sp³-hybridized carbons (Fsp3) is 0.250. The van der Waals surface area contributed by atoms with E-state index < -0.39 is 10.0 Å². The van der Waals surface area contributed by atoms with Gasteiger partial charge in [0.25, 0.3) is 10.0 Å². The van der Waals surface area contributed by atoms with Crippen LogP contribution in [0.25, 0.3) is 0 Å². The van der Waals surface area contributed by atoms with Gasteiger partial charge >= 0.3 is 0 Å². The lowest BCUT2D eigenvalue weighted by Crippen LogP contribution is -2.16. The molecule has 1 aromatic carbocycles. The molecule has 20 heavy (non-hydrogen) atoms. The Balaban J connectivity index is 2.50. The number of anilines is 2. The highest BCUT2D eigenvalue weighted by molar-refractivity contribution is 9.10. The summed E-state index contributed by atoms with van der Waals surface area (Å²) < 4.78 is 28.2. The lowest BCUT2D eigenvalue weighted by atomic mass is 10.2. The molecule has 0 bridgehead atoms. The van der Waals surface area contributed by atoms with E-state index in [9.17, 15) is 8.42 Å². The number of aryl methyl sites for hydroxylation is 3. The van der Waals surface area contributed by atoms with Crippen LogP contribution in [0.15, 0.2) is 21.5 Å². The topological polar surface area (TPSA) is 101 Å². The number of aromatic amines is 1. The molecule has 0 radical (unpaired) electrons. The van der Waals surface area contributed by atoms with Gasteiger partial charge in [-0.2, -0.15) is 5.10 Å². The molecule has 2 aromatic rings. The Morgan fingerprint density at radius 1 is 1.30 bits per heavy atom. The average Bonchev–Trinajstić information content (AvgIpc) is 2.64. The van der Waals surface area contributed by atoms with Gasteiger partial charge in [-0.3, -0.25) is 9.82 Å². The van der Waals surface area contributed by atoms with Crippen molar-refractivity contribution in [3.05, 3.63) is 33.6 Å². The van der Waals surface area contributed by atoms with Crippen LogP contribution in [0.2, 0.25) is 0 Å². The van der Waals surface area contributed by atoms with Crippen LogP contribution in [0.4, 0.5) is 11.4 Å². The SMILES string of the molecule is Cc1cc(Br)cc(N)c1NS(=O)(=O)c1c(C)n[nH]c1C. The first-order chi connectivity index (χ1) is 9.22. The van der Waals surface area contributed by atoms with Gasteiger partial charge in [0.15, 0.2) is 0 Å². The normalized spacial score (nSPS) is 11.6. The summed E-state index contributed by atoms with van der Waals surface area (Å²) in [6.45, 7) is 5.08. The van der Waals surface area contributed by atoms with Gasteiger partial charge in [0.1, 0.15) is 4.90 Å². The Hall–Kier alpha value is -1.54. The van der Waals surface area contributed by atoms with Crippen LogP contribution in [0.5, 0.6) is 0 Å². The van der Waals surface area contributed by atoms with Crippen LogP contribution >= 0.6 is 15.9 Å². The smallest absolute Gasteiger partial charge is 0.265 e. The minimum absolute atomic E-state index is 0.152. The highest BCUT2D eigenvalue weighted by Gasteiger charge is 2.23. The van der Waals surface area contributed by atoms with Crippen molar-refractivity contribution < 1.29 is 8.42 Å². The van der Waals surface area contributed by atoms with E-state index in [-0.39, 0.29) is 4.90 Å². The van der Waals surface area contributed by atoms with Gasteiger partial charge in [0.05, 0.1) is 22.8 Å². The number of H-pyrrole nitrogens is 1. The number of nitrogens with two attached hydrogens (primary N) is 1. The average molecular weight is 359 g/mol. The molecule has 0 saturated carbocycles. The van der Waals surface area contributed by atoms with E-state index in [2.05, 4.69) is 30.8 Å². The van der Waals surface area contributed by atoms with Crippen LogP contribution in [-0.2, 0) is 10.0 Å². The summed E-state index contributed by atoms with van der Waals surface area (Å²) in [4.78, 5) is 0.152. The highest BCUT2D eigenvalue weighted by Crippen LogP contribution is 2.30. The van der Waals surface area contributed by atoms with Gasteiger partial charge in [-0.25, -0.2) is 8.42 Å². The molecule has 0 aliphatic rings. The molecular formula is C12H15BrN4O2S. The molecule has 2 rings (SSSR count). The second-order valence-corrected chi connectivity index (χ2v) is 7.09. The fourth-order valence-corrected chi connectivity index (χ4v) is 4.15. The molecule has 8 heteroatoms. The van der Waals surface area contributed by atoms with E-state index in [1.54, 1.807) is 32.9 Å². The standard InChI is InChI=1S/C12H15BrN4O2S/c1-6-4-9(13)5-10(14)11(6)17-20(18,19)12-7(2)15-16-8(12)3/h4-5,17H,14H2,1-3H3,(H,15,16). The molecule has 1 aromatic heterocycles. The number of aromatic nitrogens is 2. The molecule has 0 aliphatic heterocycles. The van der Waals surface area contributed by atoms with E-state index in [1.807, 2.05) is 0 Å². The van der Waals surface area contributed by atoms with Crippen LogP contribution in [0.3, 0.4) is 0 Å². The zero-order valence-corrected chi connectivity index (χ0v) is 13.7. The maximum Gasteiger partial charge on any atom is 0.265 e. The number of halogens is 1. The Morgan fingerprint density at radius 3 is 2.45 bits per heavy atom. The molecule has 0 aliphatic carbocycles. The number of nitrogen functional groups attached to an aromatic ring is 1. The number of nitrogens with zero attached hydrogens (tertiary/aromatic N) is 1. The van der Waals surface area contributed by atoms with Crippen LogP contribution in [-0.4, -0.2) is 18.6 Å². The van der Waals surface area contributed by atoms with E-state index in [1.165, 1.54) is 0 Å². The van der Waals surface area contributed by atoms with Gasteiger partial charge < -0.3 is 5.73 Å². The summed E-state index contributed by atoms with van der Waals surface area (Å²) in [5, 5.41) is 6.56. The quantitative estimate of drug-likeness (QED) is 0.733. The minimum atomic E-state index is -3.73. The summed E-state index contributed by atoms with van der Waals surface area (Å²) in [5.41, 5.74) is 8.27. The summed E-state index contributed by atoms with van der Waals surface area (Å²) in [7, 11) is -3.73. The van der Waals surface area contributed by atoms with Crippen LogP contribution in [0.1, 0.15) is 17.0 Å². The van der Waals surface area contributed by atoms with Gasteiger partial charge in [0.2, 0.25) is 0 Å². The lowest BCUT2D eigenvalue weighted by Gasteiger charge is -2.13. The number of sulfonamides is 1. The third-order valence-corrected chi connectivity index (χ3v) is 4.97. The Bertz CT molecular complexity index is 725. The van der Waals surface area contributed by atoms with Crippen molar-refractivity contribution in [2.45, 2.75) is 25.7 Å². The minimum Gasteiger partial charge on any atom is -0.397 e. The molecule has 4 N–H and O–H groups in total. The zero-order chi connectivity index (χ0) is 15.1. The summed E-state index contributed by atoms with van der Waals surface area (Å²) in [6.07, 6.45) is 0. The fourth-order valence-electron chi connectivity index (χ4n) is 2.03. The Kier molecular flexibility index (Phi) is 3.79. The number of nitrogens with one attached hydrogen (secondary N) is 2. The molecule has 0 unspecified atom stereocenters. The molecule has 1 heterocycles. The van der Waals surface area contributed by atoms with Crippen molar-refractivity contribution in [1.82, 2.24) is 10.2 Å². The molecule has 0 amide bonds. The maximum atomic E-state index is 12.5. The maximum absolute atomic E-state index is 12.5. The van der Waals surface area contributed by atoms with Crippen molar-refractivity contribution in [2.75, 3.05) is 10.5 Å². The number of hydrogen-bond acceptors (Lipinski definition) is 4. The molecule has 108 valence electrons. The molecule has 0 saturated heterocycles. The largest absolute Gasteiger partial charge is 0.397 e. The summed E-state index contributed by atoms with van der Waals surface area (Å²) >= 11 is 3.32. The monoisotopic (exact) mass is 358 g/mol. The molecule has 0 atom stereocenters. The first kappa shape index (κ1) is 14.9. The van der Waals surface area contributed by atoms with Gasteiger partial charge in [-0.15, -0.1) is 0 Å². The lowest BCUT2D eigenvalue weighted by molar-refractivity contribution is 0.600. The van der Waals surface area contributed by atoms with Gasteiger partial charge in [-0.05, 0) is 38.5 Å². The van der Waals surface area contributed by atoms with E-state index in [0.717, 1.165) is 10.0 Å². The van der Waals surface area contributed by atoms with E-state index in [0.29, 0.717) is 22.8 Å². The molecule has 6 nitrogen and oxygen atoms in total. The second kappa shape index (κ2) is 5.10. The van der Waals surface area contributed by atoms with Gasteiger partial charge in [-0.1, -0.05) is 15.9 Å². The predicted molar refractivity (Wildman–Crippen MR) is 82.2 cm³/mol. The third kappa shape index (κ3) is 2.66. The van der Waals surface area contributed by atoms with E-state index in [4.69, 9.17) is 5.73 Å². The highest BCUT2D eigenvalue weighted by atomic mass is 79.9. The predicted octanol–water partition coefficient (Wildman–Crippen LogP) is 2.48. The van der Waals surface area contributed by atoms with Crippen molar-refractivity contribution in [2.24, 2.45) is 0 Å². The van der Waals surface area contributed by atoms with Crippen LogP contribution < -0.4 is 10.5 Å². The first-order valence-electron chi connectivity index (χ1n) is 5.82. The molecule has 0 spiro atoms. The van der Waals surface area contributed by atoms with Crippen molar-refractivity contribution in [3.63, 3.8) is 0 Å². The molecule has 0 fully saturated rings. The third-order valence-electron chi connectivity index (χ3n) is 2.90. The van der Waals surface area contributed by atoms with Crippen molar-refractivity contribution >= 4 is 37.3 Å². The molecular weight excluding hydrogens is 344 g/mol. The summed E-state index contributed by atoms with van der Waals surface area (Å²) in [6, 6.07) is 3.45. The second-order valence-electron chi connectivity index (χ2n) is 4.56. The first-order valence-corrected chi connectivity index (χ1v) is 8.10. The zero-order valence-electron chi connectivity index (χ0n) is 11.3. The number of rotatable bonds is 3. The van der Waals surface area contributed by atoms with E-state index >= 15 is 0 Å². The Morgan fingerprint density at radius 2 is 1.95 bits per heavy atom. The van der Waals surface area contributed by atoms with Crippen molar-refractivity contribution in [3.8, 4) is 0 Å².